The van der Waals surface area contributed by atoms with E-state index in [1.54, 1.807) is 18.2 Å². The van der Waals surface area contributed by atoms with Crippen molar-refractivity contribution in [2.75, 3.05) is 0 Å². The fourth-order valence-corrected chi connectivity index (χ4v) is 1.78. The molecular formula is C12H9NO5. The number of H-pyrrole nitrogens is 1. The second-order valence-corrected chi connectivity index (χ2v) is 3.73. The Balaban J connectivity index is 2.84. The first-order valence-corrected chi connectivity index (χ1v) is 5.09. The lowest BCUT2D eigenvalue weighted by Gasteiger charge is -2.06. The summed E-state index contributed by atoms with van der Waals surface area (Å²) in [5.41, 5.74) is -0.812. The number of hydrogen-bond acceptors (Lipinski definition) is 3. The molecule has 92 valence electrons. The van der Waals surface area contributed by atoms with Gasteiger partial charge in [0.1, 0.15) is 5.69 Å². The third kappa shape index (κ3) is 1.95. The lowest BCUT2D eigenvalue weighted by molar-refractivity contribution is -0.136. The standard InChI is InChI=1S/C12H9NO5/c14-9(15)5-7-10(12(17)18)13-8-4-2-1-3-6(8)11(7)16/h1-4H,5H2,(H,13,16)(H,14,15)(H,17,18). The summed E-state index contributed by atoms with van der Waals surface area (Å²) in [6, 6.07) is 6.36. The summed E-state index contributed by atoms with van der Waals surface area (Å²) in [4.78, 5) is 36.3. The van der Waals surface area contributed by atoms with Gasteiger partial charge < -0.3 is 15.2 Å². The maximum Gasteiger partial charge on any atom is 0.352 e. The largest absolute Gasteiger partial charge is 0.481 e. The average molecular weight is 247 g/mol. The minimum atomic E-state index is -1.35. The normalized spacial score (nSPS) is 10.4. The first-order chi connectivity index (χ1) is 8.50. The number of aliphatic carboxylic acids is 1. The molecular weight excluding hydrogens is 238 g/mol. The number of carbonyl (C=O) groups is 2. The van der Waals surface area contributed by atoms with Gasteiger partial charge in [-0.15, -0.1) is 0 Å². The van der Waals surface area contributed by atoms with Gasteiger partial charge in [0.25, 0.3) is 0 Å². The molecule has 0 spiro atoms. The monoisotopic (exact) mass is 247 g/mol. The number of aromatic amines is 1. The van der Waals surface area contributed by atoms with Crippen LogP contribution >= 0.6 is 0 Å². The Bertz CT molecular complexity index is 701. The SMILES string of the molecule is O=C(O)Cc1c(C(=O)O)[nH]c2ccccc2c1=O. The Morgan fingerprint density at radius 1 is 1.17 bits per heavy atom. The van der Waals surface area contributed by atoms with Crippen LogP contribution in [0.5, 0.6) is 0 Å². The molecule has 0 aliphatic heterocycles. The predicted octanol–water partition coefficient (Wildman–Crippen LogP) is 0.853. The number of aromatic carboxylic acids is 1. The van der Waals surface area contributed by atoms with Crippen molar-refractivity contribution in [2.24, 2.45) is 0 Å². The number of para-hydroxylation sites is 1. The first kappa shape index (κ1) is 11.8. The van der Waals surface area contributed by atoms with E-state index < -0.39 is 23.8 Å². The molecule has 0 fully saturated rings. The lowest BCUT2D eigenvalue weighted by atomic mass is 10.1. The van der Waals surface area contributed by atoms with Crippen molar-refractivity contribution >= 4 is 22.8 Å². The van der Waals surface area contributed by atoms with Crippen LogP contribution in [0.15, 0.2) is 29.1 Å². The maximum atomic E-state index is 12.0. The molecule has 1 heterocycles. The molecule has 2 aromatic rings. The number of nitrogens with one attached hydrogen (secondary N) is 1. The van der Waals surface area contributed by atoms with E-state index in [1.807, 2.05) is 0 Å². The predicted molar refractivity (Wildman–Crippen MR) is 62.9 cm³/mol. The zero-order chi connectivity index (χ0) is 13.3. The molecule has 0 atom stereocenters. The number of aromatic nitrogens is 1. The minimum Gasteiger partial charge on any atom is -0.481 e. The Morgan fingerprint density at radius 3 is 2.44 bits per heavy atom. The molecule has 0 radical (unpaired) electrons. The van der Waals surface area contributed by atoms with Crippen LogP contribution < -0.4 is 5.43 Å². The molecule has 0 aliphatic carbocycles. The Labute approximate surface area is 101 Å². The summed E-state index contributed by atoms with van der Waals surface area (Å²) in [6.07, 6.45) is -0.623. The van der Waals surface area contributed by atoms with E-state index in [4.69, 9.17) is 10.2 Å². The van der Waals surface area contributed by atoms with Gasteiger partial charge in [0.2, 0.25) is 0 Å². The van der Waals surface area contributed by atoms with Gasteiger partial charge in [-0.3, -0.25) is 9.59 Å². The van der Waals surface area contributed by atoms with Crippen LogP contribution in [0.2, 0.25) is 0 Å². The van der Waals surface area contributed by atoms with Gasteiger partial charge in [-0.05, 0) is 12.1 Å². The zero-order valence-corrected chi connectivity index (χ0v) is 9.14. The Morgan fingerprint density at radius 2 is 1.83 bits per heavy atom. The van der Waals surface area contributed by atoms with E-state index in [9.17, 15) is 14.4 Å². The third-order valence-electron chi connectivity index (χ3n) is 2.55. The molecule has 0 bridgehead atoms. The van der Waals surface area contributed by atoms with Crippen molar-refractivity contribution in [1.29, 1.82) is 0 Å². The summed E-state index contributed by atoms with van der Waals surface area (Å²) in [7, 11) is 0. The van der Waals surface area contributed by atoms with Crippen molar-refractivity contribution in [3.63, 3.8) is 0 Å². The van der Waals surface area contributed by atoms with E-state index in [0.717, 1.165) is 0 Å². The molecule has 0 amide bonds. The van der Waals surface area contributed by atoms with Gasteiger partial charge in [0, 0.05) is 16.5 Å². The summed E-state index contributed by atoms with van der Waals surface area (Å²) in [5, 5.41) is 18.0. The number of benzene rings is 1. The topological polar surface area (TPSA) is 107 Å². The van der Waals surface area contributed by atoms with E-state index in [0.29, 0.717) is 5.52 Å². The molecule has 18 heavy (non-hydrogen) atoms. The van der Waals surface area contributed by atoms with Crippen molar-refractivity contribution in [2.45, 2.75) is 6.42 Å². The molecule has 0 saturated heterocycles. The Kier molecular flexibility index (Phi) is 2.85. The second kappa shape index (κ2) is 4.33. The maximum absolute atomic E-state index is 12.0. The van der Waals surface area contributed by atoms with Crippen molar-refractivity contribution in [1.82, 2.24) is 4.98 Å². The quantitative estimate of drug-likeness (QED) is 0.745. The third-order valence-corrected chi connectivity index (χ3v) is 2.55. The smallest absolute Gasteiger partial charge is 0.352 e. The van der Waals surface area contributed by atoms with Crippen LogP contribution in [0.3, 0.4) is 0 Å². The molecule has 2 rings (SSSR count). The molecule has 0 aliphatic rings. The van der Waals surface area contributed by atoms with Gasteiger partial charge in [-0.25, -0.2) is 4.79 Å². The van der Waals surface area contributed by atoms with Crippen LogP contribution in [0, 0.1) is 0 Å². The molecule has 3 N–H and O–H groups in total. The molecule has 0 saturated carbocycles. The second-order valence-electron chi connectivity index (χ2n) is 3.73. The van der Waals surface area contributed by atoms with Gasteiger partial charge in [-0.1, -0.05) is 12.1 Å². The van der Waals surface area contributed by atoms with Crippen LogP contribution in [0.4, 0.5) is 0 Å². The molecule has 1 aromatic carbocycles. The number of carboxylic acid groups (broad SMARTS) is 2. The highest BCUT2D eigenvalue weighted by molar-refractivity contribution is 5.93. The van der Waals surface area contributed by atoms with Crippen molar-refractivity contribution in [3.8, 4) is 0 Å². The summed E-state index contributed by atoms with van der Waals surface area (Å²) in [6.45, 7) is 0. The van der Waals surface area contributed by atoms with Crippen LogP contribution in [-0.4, -0.2) is 27.1 Å². The highest BCUT2D eigenvalue weighted by Gasteiger charge is 2.19. The number of fused-ring (bicyclic) bond motifs is 1. The van der Waals surface area contributed by atoms with Gasteiger partial charge >= 0.3 is 11.9 Å². The summed E-state index contributed by atoms with van der Waals surface area (Å²) < 4.78 is 0. The highest BCUT2D eigenvalue weighted by atomic mass is 16.4. The van der Waals surface area contributed by atoms with E-state index in [1.165, 1.54) is 6.07 Å². The number of hydrogen-bond donors (Lipinski definition) is 3. The fraction of sp³-hybridized carbons (Fsp3) is 0.0833. The van der Waals surface area contributed by atoms with E-state index in [-0.39, 0.29) is 16.6 Å². The van der Waals surface area contributed by atoms with Crippen LogP contribution in [-0.2, 0) is 11.2 Å². The van der Waals surface area contributed by atoms with Gasteiger partial charge in [0.05, 0.1) is 6.42 Å². The van der Waals surface area contributed by atoms with Crippen LogP contribution in [0.25, 0.3) is 10.9 Å². The zero-order valence-electron chi connectivity index (χ0n) is 9.14. The van der Waals surface area contributed by atoms with Crippen LogP contribution in [0.1, 0.15) is 16.1 Å². The van der Waals surface area contributed by atoms with Crippen molar-refractivity contribution < 1.29 is 19.8 Å². The fourth-order valence-electron chi connectivity index (χ4n) is 1.78. The number of pyridine rings is 1. The van der Waals surface area contributed by atoms with Gasteiger partial charge in [-0.2, -0.15) is 0 Å². The Hall–Kier alpha value is -2.63. The highest BCUT2D eigenvalue weighted by Crippen LogP contribution is 2.12. The molecule has 0 unspecified atom stereocenters. The first-order valence-electron chi connectivity index (χ1n) is 5.09. The van der Waals surface area contributed by atoms with Crippen molar-refractivity contribution in [3.05, 3.63) is 45.7 Å². The van der Waals surface area contributed by atoms with Gasteiger partial charge in [0.15, 0.2) is 5.43 Å². The molecule has 6 nitrogen and oxygen atoms in total. The number of carboxylic acids is 2. The minimum absolute atomic E-state index is 0.242. The van der Waals surface area contributed by atoms with E-state index >= 15 is 0 Å². The summed E-state index contributed by atoms with van der Waals surface area (Å²) in [5.74, 6) is -2.60. The number of rotatable bonds is 3. The molecule has 1 aromatic heterocycles. The molecule has 6 heteroatoms. The lowest BCUT2D eigenvalue weighted by Crippen LogP contribution is -2.21. The average Bonchev–Trinajstić information content (AvgIpc) is 2.32. The summed E-state index contributed by atoms with van der Waals surface area (Å²) >= 11 is 0. The van der Waals surface area contributed by atoms with E-state index in [2.05, 4.69) is 4.98 Å².